The molecule has 0 amide bonds. The van der Waals surface area contributed by atoms with E-state index in [-0.39, 0.29) is 24.5 Å². The highest BCUT2D eigenvalue weighted by molar-refractivity contribution is 8.09. The highest BCUT2D eigenvalue weighted by Gasteiger charge is 2.45. The lowest BCUT2D eigenvalue weighted by atomic mass is 10.2. The molecule has 0 saturated carbocycles. The molecule has 0 spiro atoms. The van der Waals surface area contributed by atoms with E-state index in [4.69, 9.17) is 53.4 Å². The average molecular weight is 586 g/mol. The van der Waals surface area contributed by atoms with Gasteiger partial charge in [0, 0.05) is 0 Å². The second-order valence-corrected chi connectivity index (χ2v) is 12.5. The van der Waals surface area contributed by atoms with Gasteiger partial charge in [-0.2, -0.15) is 9.97 Å². The molecule has 6 N–H and O–H groups in total. The summed E-state index contributed by atoms with van der Waals surface area (Å²) in [5.74, 6) is -0.0180. The maximum atomic E-state index is 12.4. The van der Waals surface area contributed by atoms with Crippen LogP contribution in [0, 0.1) is 0 Å². The molecule has 6 atom stereocenters. The molecule has 0 bridgehead atoms. The van der Waals surface area contributed by atoms with Crippen molar-refractivity contribution < 1.29 is 28.4 Å². The Morgan fingerprint density at radius 2 is 2.00 bits per heavy atom. The van der Waals surface area contributed by atoms with Gasteiger partial charge in [-0.15, -0.1) is 11.6 Å². The lowest BCUT2D eigenvalue weighted by Crippen LogP contribution is -2.37. The third-order valence-electron chi connectivity index (χ3n) is 5.47. The van der Waals surface area contributed by atoms with Gasteiger partial charge in [-0.25, -0.2) is 10.1 Å². The van der Waals surface area contributed by atoms with E-state index in [1.54, 1.807) is 45.0 Å². The Morgan fingerprint density at radius 1 is 1.29 bits per heavy atom. The summed E-state index contributed by atoms with van der Waals surface area (Å²) in [7, 11) is 0. The molecule has 2 unspecified atom stereocenters. The molecule has 1 aliphatic heterocycles. The van der Waals surface area contributed by atoms with Gasteiger partial charge in [0.05, 0.1) is 19.0 Å². The fourth-order valence-electron chi connectivity index (χ4n) is 3.71. The molecule has 38 heavy (non-hydrogen) atoms. The topological polar surface area (TPSA) is 182 Å². The third kappa shape index (κ3) is 6.34. The number of imidazole rings is 1. The number of alkyl halides is 1. The molecule has 16 heteroatoms. The van der Waals surface area contributed by atoms with Gasteiger partial charge >= 0.3 is 12.6 Å². The van der Waals surface area contributed by atoms with Crippen LogP contribution < -0.4 is 21.1 Å². The van der Waals surface area contributed by atoms with Crippen LogP contribution in [0.5, 0.6) is 5.75 Å². The minimum atomic E-state index is -3.35. The molecule has 1 aliphatic rings. The number of benzene rings is 1. The van der Waals surface area contributed by atoms with Crippen LogP contribution in [0.1, 0.15) is 27.0 Å². The van der Waals surface area contributed by atoms with Crippen LogP contribution in [0.3, 0.4) is 0 Å². The maximum Gasteiger partial charge on any atom is 0.323 e. The van der Waals surface area contributed by atoms with Gasteiger partial charge in [-0.1, -0.05) is 18.2 Å². The van der Waals surface area contributed by atoms with Crippen molar-refractivity contribution in [3.05, 3.63) is 36.7 Å². The first kappa shape index (κ1) is 28.4. The monoisotopic (exact) mass is 585 g/mol. The number of carbonyl (C=O) groups excluding carboxylic acids is 1. The number of fused-ring (bicyclic) bond motifs is 1. The minimum absolute atomic E-state index is 0.0451. The number of hydrogen-bond donors (Lipinski definition) is 4. The van der Waals surface area contributed by atoms with Gasteiger partial charge in [0.1, 0.15) is 34.9 Å². The molecule has 0 aliphatic carbocycles. The van der Waals surface area contributed by atoms with Crippen LogP contribution in [0.4, 0.5) is 11.8 Å². The summed E-state index contributed by atoms with van der Waals surface area (Å²) in [5.41, 5.74) is 12.3. The standard InChI is InChI=1S/C22H29ClN7O6PS/c1-11(2)34-21(32)12(3)29-37(38,36-13-7-5-4-6-8-13)33-9-14-17(31)15(23)20(35-14)30-10-26-16-18(24)27-22(25)28-19(16)30/h4-8,10-12,14-15,17,20,31H,9H2,1-3H3,(H,29,38)(H4,24,25,27,28)/t12?,14-,15+,17-,20-,37?/m1/s1. The number of anilines is 2. The second-order valence-electron chi connectivity index (χ2n) is 8.83. The smallest absolute Gasteiger partial charge is 0.323 e. The Labute approximate surface area is 229 Å². The molecule has 3 aromatic rings. The maximum absolute atomic E-state index is 12.4. The molecule has 3 heterocycles. The molecule has 1 fully saturated rings. The predicted octanol–water partition coefficient (Wildman–Crippen LogP) is 2.11. The summed E-state index contributed by atoms with van der Waals surface area (Å²) in [6, 6.07) is 7.95. The number of aromatic nitrogens is 4. The number of aliphatic hydroxyl groups excluding tert-OH is 1. The molecular formula is C22H29ClN7O6PS. The number of carbonyl (C=O) groups is 1. The Kier molecular flexibility index (Phi) is 8.72. The summed E-state index contributed by atoms with van der Waals surface area (Å²) >= 11 is 12.3. The number of nitrogens with zero attached hydrogens (tertiary/aromatic N) is 4. The van der Waals surface area contributed by atoms with Crippen LogP contribution in [-0.4, -0.2) is 66.9 Å². The Hall–Kier alpha value is -2.58. The molecule has 1 saturated heterocycles. The van der Waals surface area contributed by atoms with E-state index in [0.29, 0.717) is 16.9 Å². The number of para-hydroxylation sites is 1. The number of aliphatic hydroxyl groups is 1. The van der Waals surface area contributed by atoms with Crippen molar-refractivity contribution in [3.8, 4) is 5.75 Å². The van der Waals surface area contributed by atoms with Gasteiger partial charge in [0.15, 0.2) is 17.7 Å². The zero-order chi connectivity index (χ0) is 27.6. The molecule has 1 aromatic carbocycles. The Bertz CT molecular complexity index is 1330. The fourth-order valence-corrected chi connectivity index (χ4v) is 6.47. The van der Waals surface area contributed by atoms with E-state index in [2.05, 4.69) is 20.0 Å². The zero-order valence-corrected chi connectivity index (χ0v) is 23.3. The van der Waals surface area contributed by atoms with E-state index in [9.17, 15) is 9.90 Å². The summed E-state index contributed by atoms with van der Waals surface area (Å²) in [4.78, 5) is 24.7. The molecule has 206 valence electrons. The predicted molar refractivity (Wildman–Crippen MR) is 145 cm³/mol. The lowest BCUT2D eigenvalue weighted by Gasteiger charge is -2.28. The molecule has 13 nitrogen and oxygen atoms in total. The number of halogens is 1. The van der Waals surface area contributed by atoms with Crippen LogP contribution in [0.15, 0.2) is 36.7 Å². The highest BCUT2D eigenvalue weighted by atomic mass is 35.5. The van der Waals surface area contributed by atoms with Gasteiger partial charge < -0.3 is 35.1 Å². The Balaban J connectivity index is 1.51. The van der Waals surface area contributed by atoms with Crippen molar-refractivity contribution >= 4 is 58.9 Å². The third-order valence-corrected chi connectivity index (χ3v) is 8.44. The largest absolute Gasteiger partial charge is 0.462 e. The van der Waals surface area contributed by atoms with Gasteiger partial charge in [-0.3, -0.25) is 9.36 Å². The SMILES string of the molecule is CC(C)OC(=O)C(C)NP(=S)(OC[C@H]1O[C@@H](n2cnc3c(N)nc(N)nc32)[C@@H](Cl)[C@@H]1O)Oc1ccccc1. The van der Waals surface area contributed by atoms with Crippen molar-refractivity contribution in [1.29, 1.82) is 0 Å². The first-order valence-electron chi connectivity index (χ1n) is 11.7. The summed E-state index contributed by atoms with van der Waals surface area (Å²) in [6.07, 6.45) is -1.82. The number of nitrogens with two attached hydrogens (primary N) is 2. The molecular weight excluding hydrogens is 557 g/mol. The van der Waals surface area contributed by atoms with Crippen molar-refractivity contribution in [2.45, 2.75) is 56.7 Å². The quantitative estimate of drug-likeness (QED) is 0.154. The normalized spacial score (nSPS) is 23.8. The van der Waals surface area contributed by atoms with E-state index >= 15 is 0 Å². The fraction of sp³-hybridized carbons (Fsp3) is 0.455. The first-order chi connectivity index (χ1) is 18.0. The van der Waals surface area contributed by atoms with E-state index < -0.39 is 42.5 Å². The van der Waals surface area contributed by atoms with Crippen LogP contribution in [-0.2, 0) is 30.6 Å². The van der Waals surface area contributed by atoms with E-state index in [1.807, 2.05) is 6.07 Å². The highest BCUT2D eigenvalue weighted by Crippen LogP contribution is 2.46. The van der Waals surface area contributed by atoms with E-state index in [1.165, 1.54) is 10.9 Å². The minimum Gasteiger partial charge on any atom is -0.462 e. The van der Waals surface area contributed by atoms with Crippen molar-refractivity contribution in [3.63, 3.8) is 0 Å². The van der Waals surface area contributed by atoms with Crippen molar-refractivity contribution in [1.82, 2.24) is 24.6 Å². The van der Waals surface area contributed by atoms with Crippen molar-refractivity contribution in [2.75, 3.05) is 18.1 Å². The number of nitrogen functional groups attached to an aromatic ring is 2. The number of nitrogens with one attached hydrogen (secondary N) is 1. The second kappa shape index (κ2) is 11.7. The van der Waals surface area contributed by atoms with Gasteiger partial charge in [-0.05, 0) is 44.7 Å². The van der Waals surface area contributed by atoms with Crippen LogP contribution in [0.2, 0.25) is 0 Å². The van der Waals surface area contributed by atoms with Crippen LogP contribution >= 0.6 is 18.2 Å². The molecule has 4 rings (SSSR count). The molecule has 0 radical (unpaired) electrons. The number of esters is 1. The first-order valence-corrected chi connectivity index (χ1v) is 14.8. The van der Waals surface area contributed by atoms with Crippen molar-refractivity contribution in [2.24, 2.45) is 0 Å². The zero-order valence-electron chi connectivity index (χ0n) is 20.8. The summed E-state index contributed by atoms with van der Waals surface area (Å²) in [6.45, 7) is 1.53. The number of hydrogen-bond acceptors (Lipinski definition) is 12. The Morgan fingerprint density at radius 3 is 2.68 bits per heavy atom. The lowest BCUT2D eigenvalue weighted by molar-refractivity contribution is -0.149. The van der Waals surface area contributed by atoms with Gasteiger partial charge in [0.2, 0.25) is 5.95 Å². The van der Waals surface area contributed by atoms with E-state index in [0.717, 1.165) is 0 Å². The summed E-state index contributed by atoms with van der Waals surface area (Å²) in [5, 5.41) is 12.9. The molecule has 2 aromatic heterocycles. The average Bonchev–Trinajstić information content (AvgIpc) is 3.39. The summed E-state index contributed by atoms with van der Waals surface area (Å²) < 4.78 is 24.8. The van der Waals surface area contributed by atoms with Gasteiger partial charge in [0.25, 0.3) is 0 Å². The number of ether oxygens (including phenoxy) is 2. The van der Waals surface area contributed by atoms with Crippen LogP contribution in [0.25, 0.3) is 11.2 Å². The number of rotatable bonds is 10.